The summed E-state index contributed by atoms with van der Waals surface area (Å²) in [6.45, 7) is 6.84. The minimum Gasteiger partial charge on any atom is -0.505 e. The molecule has 0 aromatic heterocycles. The number of phenols is 1. The van der Waals surface area contributed by atoms with Crippen LogP contribution in [0.5, 0.6) is 5.75 Å². The van der Waals surface area contributed by atoms with Crippen LogP contribution in [-0.4, -0.2) is 28.2 Å². The molecule has 6 heteroatoms. The molecule has 120 valence electrons. The largest absolute Gasteiger partial charge is 0.505 e. The van der Waals surface area contributed by atoms with Crippen LogP contribution in [0.25, 0.3) is 0 Å². The highest BCUT2D eigenvalue weighted by Gasteiger charge is 2.32. The van der Waals surface area contributed by atoms with Gasteiger partial charge in [0, 0.05) is 0 Å². The second kappa shape index (κ2) is 6.60. The smallest absolute Gasteiger partial charge is 0.315 e. The van der Waals surface area contributed by atoms with Gasteiger partial charge in [-0.15, -0.1) is 0 Å². The van der Waals surface area contributed by atoms with Crippen LogP contribution in [0.1, 0.15) is 44.5 Å². The molecule has 0 unspecified atom stereocenters. The third-order valence-electron chi connectivity index (χ3n) is 3.00. The number of phenolic OH excluding ortho intramolecular Hbond substituents is 1. The number of ketones is 1. The number of carbonyl (C=O) groups is 2. The number of hydrogen-bond donors (Lipinski definition) is 3. The van der Waals surface area contributed by atoms with E-state index in [1.165, 1.54) is 18.2 Å². The van der Waals surface area contributed by atoms with Gasteiger partial charge >= 0.3 is 5.97 Å². The SMILES string of the molecule is CC[C@H](C(=N)C(=O)c1cccc(N)c1O)C(=O)OC(C)(C)C. The Hall–Kier alpha value is -2.37. The number of anilines is 1. The molecule has 0 saturated carbocycles. The van der Waals surface area contributed by atoms with E-state index in [1.54, 1.807) is 27.7 Å². The van der Waals surface area contributed by atoms with Gasteiger partial charge in [0.25, 0.3) is 0 Å². The first-order chi connectivity index (χ1) is 10.1. The molecule has 0 aliphatic rings. The monoisotopic (exact) mass is 306 g/mol. The molecule has 0 bridgehead atoms. The lowest BCUT2D eigenvalue weighted by atomic mass is 9.93. The summed E-state index contributed by atoms with van der Waals surface area (Å²) in [6.07, 6.45) is 0.253. The molecule has 6 nitrogen and oxygen atoms in total. The number of para-hydroxylation sites is 1. The van der Waals surface area contributed by atoms with Gasteiger partial charge < -0.3 is 21.0 Å². The van der Waals surface area contributed by atoms with Crippen molar-refractivity contribution in [3.8, 4) is 5.75 Å². The van der Waals surface area contributed by atoms with Crippen molar-refractivity contribution in [2.24, 2.45) is 5.92 Å². The summed E-state index contributed by atoms with van der Waals surface area (Å²) >= 11 is 0. The molecule has 1 atom stereocenters. The molecule has 0 aliphatic heterocycles. The lowest BCUT2D eigenvalue weighted by molar-refractivity contribution is -0.157. The van der Waals surface area contributed by atoms with Crippen LogP contribution in [0.4, 0.5) is 5.69 Å². The Morgan fingerprint density at radius 2 is 1.95 bits per heavy atom. The quantitative estimate of drug-likeness (QED) is 0.254. The minimum atomic E-state index is -0.979. The lowest BCUT2D eigenvalue weighted by Gasteiger charge is -2.23. The van der Waals surface area contributed by atoms with Gasteiger partial charge in [0.1, 0.15) is 17.3 Å². The Kier molecular flexibility index (Phi) is 5.30. The number of rotatable bonds is 5. The van der Waals surface area contributed by atoms with Gasteiger partial charge in [0.05, 0.1) is 17.0 Å². The normalized spacial score (nSPS) is 12.5. The molecular weight excluding hydrogens is 284 g/mol. The number of ether oxygens (including phenoxy) is 1. The highest BCUT2D eigenvalue weighted by atomic mass is 16.6. The Bertz CT molecular complexity index is 603. The predicted molar refractivity (Wildman–Crippen MR) is 84.2 cm³/mol. The second-order valence-electron chi connectivity index (χ2n) is 5.98. The topological polar surface area (TPSA) is 113 Å². The number of benzene rings is 1. The number of aromatic hydroxyl groups is 1. The van der Waals surface area contributed by atoms with Crippen LogP contribution >= 0.6 is 0 Å². The summed E-state index contributed by atoms with van der Waals surface area (Å²) in [5.41, 5.74) is 4.38. The molecule has 0 radical (unpaired) electrons. The van der Waals surface area contributed by atoms with Crippen LogP contribution in [0.3, 0.4) is 0 Å². The van der Waals surface area contributed by atoms with Crippen molar-refractivity contribution in [2.75, 3.05) is 5.73 Å². The highest BCUT2D eigenvalue weighted by Crippen LogP contribution is 2.26. The molecule has 1 aromatic carbocycles. The van der Waals surface area contributed by atoms with Crippen molar-refractivity contribution >= 4 is 23.2 Å². The molecule has 0 saturated heterocycles. The van der Waals surface area contributed by atoms with Crippen molar-refractivity contribution in [1.29, 1.82) is 5.41 Å². The molecule has 22 heavy (non-hydrogen) atoms. The van der Waals surface area contributed by atoms with Crippen molar-refractivity contribution < 1.29 is 19.4 Å². The first-order valence-corrected chi connectivity index (χ1v) is 7.02. The summed E-state index contributed by atoms with van der Waals surface area (Å²) < 4.78 is 5.23. The summed E-state index contributed by atoms with van der Waals surface area (Å²) in [4.78, 5) is 24.5. The maximum absolute atomic E-state index is 12.3. The number of hydrogen-bond acceptors (Lipinski definition) is 6. The zero-order chi connectivity index (χ0) is 17.1. The van der Waals surface area contributed by atoms with E-state index in [-0.39, 0.29) is 23.4 Å². The van der Waals surface area contributed by atoms with E-state index in [9.17, 15) is 14.7 Å². The average Bonchev–Trinajstić information content (AvgIpc) is 2.39. The summed E-state index contributed by atoms with van der Waals surface area (Å²) in [5.74, 6) is -2.72. The zero-order valence-corrected chi connectivity index (χ0v) is 13.3. The molecule has 0 fully saturated rings. The number of nitrogen functional groups attached to an aromatic ring is 1. The van der Waals surface area contributed by atoms with Gasteiger partial charge in [0.2, 0.25) is 5.78 Å². The number of carbonyl (C=O) groups excluding carboxylic acids is 2. The lowest BCUT2D eigenvalue weighted by Crippen LogP contribution is -2.35. The van der Waals surface area contributed by atoms with E-state index in [0.29, 0.717) is 0 Å². The van der Waals surface area contributed by atoms with Crippen molar-refractivity contribution in [3.63, 3.8) is 0 Å². The Labute approximate surface area is 129 Å². The minimum absolute atomic E-state index is 0.0453. The van der Waals surface area contributed by atoms with Crippen molar-refractivity contribution in [3.05, 3.63) is 23.8 Å². The maximum Gasteiger partial charge on any atom is 0.315 e. The number of nitrogens with two attached hydrogens (primary N) is 1. The van der Waals surface area contributed by atoms with E-state index in [0.717, 1.165) is 0 Å². The van der Waals surface area contributed by atoms with E-state index in [4.69, 9.17) is 15.9 Å². The molecule has 0 aliphatic carbocycles. The second-order valence-corrected chi connectivity index (χ2v) is 5.98. The fourth-order valence-electron chi connectivity index (χ4n) is 1.91. The van der Waals surface area contributed by atoms with Gasteiger partial charge in [-0.2, -0.15) is 0 Å². The van der Waals surface area contributed by atoms with Gasteiger partial charge in [-0.25, -0.2) is 0 Å². The molecule has 0 spiro atoms. The fraction of sp³-hybridized carbons (Fsp3) is 0.438. The van der Waals surface area contributed by atoms with Crippen LogP contribution in [0.2, 0.25) is 0 Å². The zero-order valence-electron chi connectivity index (χ0n) is 13.3. The van der Waals surface area contributed by atoms with Gasteiger partial charge in [0.15, 0.2) is 0 Å². The Morgan fingerprint density at radius 3 is 2.45 bits per heavy atom. The summed E-state index contributed by atoms with van der Waals surface area (Å²) in [7, 11) is 0. The number of nitrogens with one attached hydrogen (secondary N) is 1. The van der Waals surface area contributed by atoms with Crippen LogP contribution in [0, 0.1) is 11.3 Å². The van der Waals surface area contributed by atoms with Crippen LogP contribution < -0.4 is 5.73 Å². The first kappa shape index (κ1) is 17.7. The molecule has 1 rings (SSSR count). The Balaban J connectivity index is 3.04. The highest BCUT2D eigenvalue weighted by molar-refractivity contribution is 6.48. The standard InChI is InChI=1S/C16H22N2O4/c1-5-9(15(21)22-16(2,3)4)12(18)14(20)10-7-6-8-11(17)13(10)19/h6-9,18-19H,5,17H2,1-4H3/t9-/m1/s1. The molecular formula is C16H22N2O4. The van der Waals surface area contributed by atoms with Crippen LogP contribution in [0.15, 0.2) is 18.2 Å². The maximum atomic E-state index is 12.3. The molecule has 1 aromatic rings. The van der Waals surface area contributed by atoms with Gasteiger partial charge in [-0.1, -0.05) is 13.0 Å². The van der Waals surface area contributed by atoms with E-state index < -0.39 is 29.0 Å². The van der Waals surface area contributed by atoms with Crippen molar-refractivity contribution in [1.82, 2.24) is 0 Å². The van der Waals surface area contributed by atoms with Crippen molar-refractivity contribution in [2.45, 2.75) is 39.7 Å². The molecule has 0 heterocycles. The number of Topliss-reactive ketones (excluding diaryl/α,β-unsaturated/α-hetero) is 1. The summed E-state index contributed by atoms with van der Waals surface area (Å²) in [5, 5.41) is 17.8. The Morgan fingerprint density at radius 1 is 1.36 bits per heavy atom. The molecule has 4 N–H and O–H groups in total. The first-order valence-electron chi connectivity index (χ1n) is 7.02. The van der Waals surface area contributed by atoms with Gasteiger partial charge in [-0.05, 0) is 39.3 Å². The predicted octanol–water partition coefficient (Wildman–Crippen LogP) is 2.54. The molecule has 0 amide bonds. The fourth-order valence-corrected chi connectivity index (χ4v) is 1.91. The number of esters is 1. The average molecular weight is 306 g/mol. The van der Waals surface area contributed by atoms with E-state index in [2.05, 4.69) is 0 Å². The summed E-state index contributed by atoms with van der Waals surface area (Å²) in [6, 6.07) is 4.31. The third-order valence-corrected chi connectivity index (χ3v) is 3.00. The van der Waals surface area contributed by atoms with Gasteiger partial charge in [-0.3, -0.25) is 9.59 Å². The van der Waals surface area contributed by atoms with E-state index in [1.807, 2.05) is 0 Å². The van der Waals surface area contributed by atoms with Crippen LogP contribution in [-0.2, 0) is 9.53 Å². The van der Waals surface area contributed by atoms with E-state index >= 15 is 0 Å². The third kappa shape index (κ3) is 4.07.